The van der Waals surface area contributed by atoms with Crippen LogP contribution in [0.25, 0.3) is 0 Å². The Morgan fingerprint density at radius 2 is 0.875 bits per heavy atom. The van der Waals surface area contributed by atoms with Crippen LogP contribution in [0.15, 0.2) is 0 Å². The van der Waals surface area contributed by atoms with Gasteiger partial charge in [0.1, 0.15) is 0 Å². The molecule has 0 rings (SSSR count). The lowest BCUT2D eigenvalue weighted by Gasteiger charge is -2.10. The number of rotatable bonds is 4. The van der Waals surface area contributed by atoms with Crippen LogP contribution in [0.2, 0.25) is 0 Å². The molecule has 0 aromatic heterocycles. The standard InChI is InChI=1S/2C5H13O2P/c2*1-5(2)7-8(3,4)6/h2*5H,1-4H3. The molecule has 0 spiro atoms. The van der Waals surface area contributed by atoms with Gasteiger partial charge in [0.25, 0.3) is 0 Å². The van der Waals surface area contributed by atoms with Crippen molar-refractivity contribution in [3.63, 3.8) is 0 Å². The van der Waals surface area contributed by atoms with Crippen LogP contribution >= 0.6 is 14.7 Å². The summed E-state index contributed by atoms with van der Waals surface area (Å²) in [7, 11) is -4.44. The van der Waals surface area contributed by atoms with Crippen molar-refractivity contribution in [1.29, 1.82) is 0 Å². The Morgan fingerprint density at radius 3 is 0.875 bits per heavy atom. The summed E-state index contributed by atoms with van der Waals surface area (Å²) in [5.74, 6) is 0. The lowest BCUT2D eigenvalue weighted by atomic mass is 10.5. The summed E-state index contributed by atoms with van der Waals surface area (Å²) in [6, 6.07) is 0. The molecular weight excluding hydrogens is 246 g/mol. The van der Waals surface area contributed by atoms with Gasteiger partial charge < -0.3 is 9.05 Å². The summed E-state index contributed by atoms with van der Waals surface area (Å²) in [5, 5.41) is 0. The Kier molecular flexibility index (Phi) is 8.97. The van der Waals surface area contributed by atoms with Gasteiger partial charge in [0, 0.05) is 26.7 Å². The van der Waals surface area contributed by atoms with E-state index < -0.39 is 14.7 Å². The normalized spacial score (nSPS) is 12.6. The molecule has 0 aromatic rings. The Bertz CT molecular complexity index is 234. The fraction of sp³-hybridized carbons (Fsp3) is 1.00. The maximum Gasteiger partial charge on any atom is 0.197 e. The predicted octanol–water partition coefficient (Wildman–Crippen LogP) is 3.90. The summed E-state index contributed by atoms with van der Waals surface area (Å²) >= 11 is 0. The van der Waals surface area contributed by atoms with Gasteiger partial charge in [-0.1, -0.05) is 0 Å². The fourth-order valence-corrected chi connectivity index (χ4v) is 3.05. The zero-order valence-electron chi connectivity index (χ0n) is 11.7. The van der Waals surface area contributed by atoms with Gasteiger partial charge in [-0.15, -0.1) is 0 Å². The second-order valence-electron chi connectivity index (χ2n) is 4.81. The van der Waals surface area contributed by atoms with Crippen LogP contribution < -0.4 is 0 Å². The van der Waals surface area contributed by atoms with Gasteiger partial charge in [-0.2, -0.15) is 0 Å². The van der Waals surface area contributed by atoms with E-state index in [2.05, 4.69) is 0 Å². The van der Waals surface area contributed by atoms with Crippen LogP contribution in [0.1, 0.15) is 27.7 Å². The van der Waals surface area contributed by atoms with Crippen LogP contribution in [0.4, 0.5) is 0 Å². The van der Waals surface area contributed by atoms with Gasteiger partial charge in [0.05, 0.1) is 12.2 Å². The van der Waals surface area contributed by atoms with Crippen molar-refractivity contribution in [2.45, 2.75) is 39.9 Å². The highest BCUT2D eigenvalue weighted by Gasteiger charge is 2.08. The summed E-state index contributed by atoms with van der Waals surface area (Å²) in [4.78, 5) is 0. The molecule has 0 aliphatic rings. The fourth-order valence-electron chi connectivity index (χ4n) is 1.02. The first kappa shape index (κ1) is 18.7. The molecular formula is C10H26O4P2. The van der Waals surface area contributed by atoms with Crippen molar-refractivity contribution in [2.24, 2.45) is 0 Å². The van der Waals surface area contributed by atoms with E-state index in [1.54, 1.807) is 26.7 Å². The zero-order valence-corrected chi connectivity index (χ0v) is 13.5. The highest BCUT2D eigenvalue weighted by atomic mass is 31.2. The molecule has 4 nitrogen and oxygen atoms in total. The zero-order chi connectivity index (χ0) is 13.6. The molecule has 0 heterocycles. The van der Waals surface area contributed by atoms with Gasteiger partial charge in [0.2, 0.25) is 0 Å². The monoisotopic (exact) mass is 272 g/mol. The first-order valence-corrected chi connectivity index (χ1v) is 10.3. The molecule has 0 aliphatic heterocycles. The third-order valence-electron chi connectivity index (χ3n) is 0.929. The minimum Gasteiger partial charge on any atom is -0.326 e. The second kappa shape index (κ2) is 7.66. The Labute approximate surface area is 100 Å². The average Bonchev–Trinajstić information content (AvgIpc) is 1.72. The average molecular weight is 272 g/mol. The van der Waals surface area contributed by atoms with Crippen LogP contribution in [-0.4, -0.2) is 38.9 Å². The van der Waals surface area contributed by atoms with E-state index in [0.717, 1.165) is 0 Å². The molecule has 0 amide bonds. The van der Waals surface area contributed by atoms with Crippen molar-refractivity contribution in [2.75, 3.05) is 26.7 Å². The second-order valence-corrected chi connectivity index (χ2v) is 10.2. The summed E-state index contributed by atoms with van der Waals surface area (Å²) in [5.41, 5.74) is 0. The first-order valence-electron chi connectivity index (χ1n) is 5.30. The van der Waals surface area contributed by atoms with E-state index in [1.807, 2.05) is 27.7 Å². The van der Waals surface area contributed by atoms with Gasteiger partial charge >= 0.3 is 0 Å². The van der Waals surface area contributed by atoms with E-state index in [0.29, 0.717) is 0 Å². The molecule has 0 saturated heterocycles. The molecule has 0 atom stereocenters. The van der Waals surface area contributed by atoms with E-state index in [9.17, 15) is 9.13 Å². The van der Waals surface area contributed by atoms with E-state index >= 15 is 0 Å². The maximum absolute atomic E-state index is 10.8. The van der Waals surface area contributed by atoms with Crippen molar-refractivity contribution >= 4 is 14.7 Å². The third kappa shape index (κ3) is 23.9. The molecule has 16 heavy (non-hydrogen) atoms. The largest absolute Gasteiger partial charge is 0.326 e. The molecule has 0 unspecified atom stereocenters. The van der Waals surface area contributed by atoms with Crippen LogP contribution in [0, 0.1) is 0 Å². The van der Waals surface area contributed by atoms with Crippen LogP contribution in [0.5, 0.6) is 0 Å². The minimum atomic E-state index is -2.22. The van der Waals surface area contributed by atoms with E-state index in [-0.39, 0.29) is 12.2 Å². The van der Waals surface area contributed by atoms with Gasteiger partial charge in [-0.3, -0.25) is 9.13 Å². The summed E-state index contributed by atoms with van der Waals surface area (Å²) in [6.07, 6.45) is 0.159. The molecule has 0 saturated carbocycles. The van der Waals surface area contributed by atoms with Crippen molar-refractivity contribution in [1.82, 2.24) is 0 Å². The van der Waals surface area contributed by atoms with Crippen molar-refractivity contribution in [3.05, 3.63) is 0 Å². The quantitative estimate of drug-likeness (QED) is 0.728. The van der Waals surface area contributed by atoms with Gasteiger partial charge in [-0.25, -0.2) is 0 Å². The first-order chi connectivity index (χ1) is 6.83. The molecule has 0 radical (unpaired) electrons. The van der Waals surface area contributed by atoms with Crippen LogP contribution in [0.3, 0.4) is 0 Å². The van der Waals surface area contributed by atoms with E-state index in [1.165, 1.54) is 0 Å². The summed E-state index contributed by atoms with van der Waals surface area (Å²) in [6.45, 7) is 14.0. The lowest BCUT2D eigenvalue weighted by molar-refractivity contribution is 0.248. The van der Waals surface area contributed by atoms with E-state index in [4.69, 9.17) is 9.05 Å². The maximum atomic E-state index is 10.8. The molecule has 0 N–H and O–H groups in total. The predicted molar refractivity (Wildman–Crippen MR) is 71.4 cm³/mol. The van der Waals surface area contributed by atoms with Gasteiger partial charge in [0.15, 0.2) is 14.7 Å². The molecule has 0 aromatic carbocycles. The third-order valence-corrected chi connectivity index (χ3v) is 2.79. The molecule has 100 valence electrons. The molecule has 0 aliphatic carbocycles. The number of hydrogen-bond donors (Lipinski definition) is 0. The lowest BCUT2D eigenvalue weighted by Crippen LogP contribution is -1.97. The Balaban J connectivity index is 0. The highest BCUT2D eigenvalue weighted by Crippen LogP contribution is 2.38. The molecule has 0 bridgehead atoms. The van der Waals surface area contributed by atoms with Gasteiger partial charge in [-0.05, 0) is 27.7 Å². The smallest absolute Gasteiger partial charge is 0.197 e. The molecule has 0 fully saturated rings. The SMILES string of the molecule is CC(C)OP(C)(C)=O.CC(C)OP(C)(C)=O. The topological polar surface area (TPSA) is 52.6 Å². The number of hydrogen-bond acceptors (Lipinski definition) is 4. The van der Waals surface area contributed by atoms with Crippen molar-refractivity contribution in [3.8, 4) is 0 Å². The Morgan fingerprint density at radius 1 is 0.688 bits per heavy atom. The Hall–Kier alpha value is 0.380. The summed E-state index contributed by atoms with van der Waals surface area (Å²) < 4.78 is 31.6. The van der Waals surface area contributed by atoms with Crippen molar-refractivity contribution < 1.29 is 18.2 Å². The van der Waals surface area contributed by atoms with Crippen LogP contribution in [-0.2, 0) is 18.2 Å². The molecule has 6 heteroatoms. The minimum absolute atomic E-state index is 0.0795. The highest BCUT2D eigenvalue weighted by molar-refractivity contribution is 7.57.